The Morgan fingerprint density at radius 2 is 1.94 bits per heavy atom. The molecule has 1 aromatic rings. The van der Waals surface area contributed by atoms with Crippen LogP contribution in [0.1, 0.15) is 43.2 Å². The molecule has 3 heteroatoms. The summed E-state index contributed by atoms with van der Waals surface area (Å²) in [5.41, 5.74) is 2.49. The minimum absolute atomic E-state index is 0.119. The molecule has 1 aromatic carbocycles. The Bertz CT molecular complexity index is 397. The van der Waals surface area contributed by atoms with E-state index in [2.05, 4.69) is 24.4 Å². The molecular formula is C15H21Cl2N. The van der Waals surface area contributed by atoms with Crippen molar-refractivity contribution in [3.8, 4) is 0 Å². The molecule has 0 bridgehead atoms. The third-order valence-corrected chi connectivity index (χ3v) is 4.79. The van der Waals surface area contributed by atoms with Crippen LogP contribution in [-0.2, 0) is 6.54 Å². The van der Waals surface area contributed by atoms with Crippen molar-refractivity contribution in [3.63, 3.8) is 0 Å². The van der Waals surface area contributed by atoms with E-state index >= 15 is 0 Å². The molecule has 0 heterocycles. The average Bonchev–Trinajstić information content (AvgIpc) is 2.39. The second-order valence-corrected chi connectivity index (χ2v) is 6.10. The van der Waals surface area contributed by atoms with E-state index in [-0.39, 0.29) is 5.54 Å². The Morgan fingerprint density at radius 3 is 2.56 bits per heavy atom. The molecular weight excluding hydrogens is 265 g/mol. The topological polar surface area (TPSA) is 12.0 Å². The summed E-state index contributed by atoms with van der Waals surface area (Å²) in [6, 6.07) is 6.24. The normalized spacial score (nSPS) is 18.8. The Kier molecular flexibility index (Phi) is 4.94. The number of aryl methyl sites for hydroxylation is 1. The number of hydrogen-bond acceptors (Lipinski definition) is 1. The van der Waals surface area contributed by atoms with Gasteiger partial charge in [-0.25, -0.2) is 0 Å². The van der Waals surface area contributed by atoms with Crippen LogP contribution in [0.2, 0.25) is 5.02 Å². The van der Waals surface area contributed by atoms with E-state index < -0.39 is 0 Å². The van der Waals surface area contributed by atoms with Crippen LogP contribution in [0.15, 0.2) is 18.2 Å². The number of alkyl halides is 1. The summed E-state index contributed by atoms with van der Waals surface area (Å²) in [7, 11) is 0. The van der Waals surface area contributed by atoms with Crippen molar-refractivity contribution in [2.75, 3.05) is 5.88 Å². The van der Waals surface area contributed by atoms with Gasteiger partial charge >= 0.3 is 0 Å². The predicted molar refractivity (Wildman–Crippen MR) is 79.6 cm³/mol. The van der Waals surface area contributed by atoms with Crippen molar-refractivity contribution in [1.29, 1.82) is 0 Å². The van der Waals surface area contributed by atoms with Gasteiger partial charge in [0.1, 0.15) is 0 Å². The highest BCUT2D eigenvalue weighted by Gasteiger charge is 2.30. The second-order valence-electron chi connectivity index (χ2n) is 5.42. The number of benzene rings is 1. The van der Waals surface area contributed by atoms with Crippen molar-refractivity contribution in [2.45, 2.75) is 51.1 Å². The maximum absolute atomic E-state index is 6.26. The molecule has 100 valence electrons. The van der Waals surface area contributed by atoms with Gasteiger partial charge in [-0.15, -0.1) is 11.6 Å². The summed E-state index contributed by atoms with van der Waals surface area (Å²) in [6.45, 7) is 2.87. The van der Waals surface area contributed by atoms with Gasteiger partial charge in [0.2, 0.25) is 0 Å². The Hall–Kier alpha value is -0.240. The summed E-state index contributed by atoms with van der Waals surface area (Å²) in [4.78, 5) is 0. The number of nitrogens with one attached hydrogen (secondary N) is 1. The highest BCUT2D eigenvalue weighted by Crippen LogP contribution is 2.30. The first-order valence-corrected chi connectivity index (χ1v) is 7.62. The zero-order valence-electron chi connectivity index (χ0n) is 10.9. The lowest BCUT2D eigenvalue weighted by Crippen LogP contribution is -2.48. The highest BCUT2D eigenvalue weighted by molar-refractivity contribution is 6.31. The molecule has 1 aliphatic carbocycles. The fourth-order valence-electron chi connectivity index (χ4n) is 2.66. The smallest absolute Gasteiger partial charge is 0.0453 e. The van der Waals surface area contributed by atoms with Crippen LogP contribution in [0, 0.1) is 6.92 Å². The van der Waals surface area contributed by atoms with E-state index in [1.807, 2.05) is 6.07 Å². The molecule has 1 saturated carbocycles. The van der Waals surface area contributed by atoms with Crippen molar-refractivity contribution in [2.24, 2.45) is 0 Å². The molecule has 0 radical (unpaired) electrons. The van der Waals surface area contributed by atoms with Gasteiger partial charge in [0.05, 0.1) is 0 Å². The van der Waals surface area contributed by atoms with Gasteiger partial charge in [0, 0.05) is 23.0 Å². The lowest BCUT2D eigenvalue weighted by molar-refractivity contribution is 0.256. The third-order valence-electron chi connectivity index (χ3n) is 3.93. The largest absolute Gasteiger partial charge is 0.306 e. The third kappa shape index (κ3) is 3.40. The van der Waals surface area contributed by atoms with E-state index in [1.165, 1.54) is 37.7 Å². The van der Waals surface area contributed by atoms with Crippen molar-refractivity contribution in [1.82, 2.24) is 5.32 Å². The molecule has 1 nitrogen and oxygen atoms in total. The minimum atomic E-state index is 0.119. The predicted octanol–water partition coefficient (Wildman–Crippen LogP) is 4.68. The van der Waals surface area contributed by atoms with E-state index in [0.717, 1.165) is 17.1 Å². The Balaban J connectivity index is 2.01. The van der Waals surface area contributed by atoms with Gasteiger partial charge in [0.15, 0.2) is 0 Å². The molecule has 0 aliphatic heterocycles. The van der Waals surface area contributed by atoms with E-state index in [1.54, 1.807) is 0 Å². The van der Waals surface area contributed by atoms with Gasteiger partial charge < -0.3 is 5.32 Å². The van der Waals surface area contributed by atoms with Crippen LogP contribution in [0.4, 0.5) is 0 Å². The van der Waals surface area contributed by atoms with Crippen LogP contribution in [0.3, 0.4) is 0 Å². The lowest BCUT2D eigenvalue weighted by Gasteiger charge is -2.36. The molecule has 0 unspecified atom stereocenters. The highest BCUT2D eigenvalue weighted by atomic mass is 35.5. The molecule has 0 spiro atoms. The molecule has 2 rings (SSSR count). The van der Waals surface area contributed by atoms with Crippen LogP contribution in [0.5, 0.6) is 0 Å². The fraction of sp³-hybridized carbons (Fsp3) is 0.600. The van der Waals surface area contributed by atoms with Crippen molar-refractivity contribution >= 4 is 23.2 Å². The van der Waals surface area contributed by atoms with Gasteiger partial charge in [-0.3, -0.25) is 0 Å². The van der Waals surface area contributed by atoms with Crippen LogP contribution in [-0.4, -0.2) is 11.4 Å². The zero-order chi connectivity index (χ0) is 13.0. The molecule has 1 N–H and O–H groups in total. The average molecular weight is 286 g/mol. The summed E-state index contributed by atoms with van der Waals surface area (Å²) in [5, 5.41) is 4.50. The first kappa shape index (κ1) is 14.2. The Labute approximate surface area is 120 Å². The molecule has 0 atom stereocenters. The molecule has 0 amide bonds. The molecule has 1 aliphatic rings. The first-order valence-electron chi connectivity index (χ1n) is 6.71. The van der Waals surface area contributed by atoms with Gasteiger partial charge in [-0.05, 0) is 37.0 Å². The van der Waals surface area contributed by atoms with Gasteiger partial charge in [-0.2, -0.15) is 0 Å². The van der Waals surface area contributed by atoms with Crippen molar-refractivity contribution in [3.05, 3.63) is 34.3 Å². The van der Waals surface area contributed by atoms with Crippen LogP contribution >= 0.6 is 23.2 Å². The summed E-state index contributed by atoms with van der Waals surface area (Å²) in [6.07, 6.45) is 6.26. The standard InChI is InChI=1S/C15H21Cl2N/c1-12-5-6-13(14(17)9-12)10-18-15(11-16)7-3-2-4-8-15/h5-6,9,18H,2-4,7-8,10-11H2,1H3. The number of hydrogen-bond donors (Lipinski definition) is 1. The molecule has 1 fully saturated rings. The number of halogens is 2. The summed E-state index contributed by atoms with van der Waals surface area (Å²) >= 11 is 12.4. The maximum Gasteiger partial charge on any atom is 0.0453 e. The molecule has 0 saturated heterocycles. The quantitative estimate of drug-likeness (QED) is 0.792. The van der Waals surface area contributed by atoms with E-state index in [9.17, 15) is 0 Å². The maximum atomic E-state index is 6.26. The molecule has 0 aromatic heterocycles. The summed E-state index contributed by atoms with van der Waals surface area (Å²) < 4.78 is 0. The van der Waals surface area contributed by atoms with Crippen molar-refractivity contribution < 1.29 is 0 Å². The van der Waals surface area contributed by atoms with Crippen LogP contribution < -0.4 is 5.32 Å². The second kappa shape index (κ2) is 6.27. The van der Waals surface area contributed by atoms with Crippen LogP contribution in [0.25, 0.3) is 0 Å². The van der Waals surface area contributed by atoms with E-state index in [0.29, 0.717) is 5.88 Å². The summed E-state index contributed by atoms with van der Waals surface area (Å²) in [5.74, 6) is 0.691. The Morgan fingerprint density at radius 1 is 1.22 bits per heavy atom. The zero-order valence-corrected chi connectivity index (χ0v) is 12.4. The first-order chi connectivity index (χ1) is 8.65. The van der Waals surface area contributed by atoms with Gasteiger partial charge in [-0.1, -0.05) is 43.0 Å². The molecule has 18 heavy (non-hydrogen) atoms. The minimum Gasteiger partial charge on any atom is -0.306 e. The SMILES string of the molecule is Cc1ccc(CNC2(CCl)CCCCC2)c(Cl)c1. The van der Waals surface area contributed by atoms with E-state index in [4.69, 9.17) is 23.2 Å². The van der Waals surface area contributed by atoms with Gasteiger partial charge in [0.25, 0.3) is 0 Å². The fourth-order valence-corrected chi connectivity index (χ4v) is 3.33. The lowest BCUT2D eigenvalue weighted by atomic mass is 9.83. The monoisotopic (exact) mass is 285 g/mol. The number of rotatable bonds is 4.